The second-order valence-electron chi connectivity index (χ2n) is 11.7. The Kier molecular flexibility index (Phi) is 7.11. The van der Waals surface area contributed by atoms with Gasteiger partial charge in [-0.1, -0.05) is 12.1 Å². The van der Waals surface area contributed by atoms with Crippen LogP contribution in [0.3, 0.4) is 0 Å². The van der Waals surface area contributed by atoms with Crippen LogP contribution < -0.4 is 5.32 Å². The SMILES string of the molecule is CC(C)(C)C(=O)OCn1cc(C2(C)CN(C(=O)C=Cc3cnc(NC4Cc5cc(F)c(F)cc5C4)nc3)C2)nn1. The highest BCUT2D eigenvalue weighted by Crippen LogP contribution is 2.33. The number of carbonyl (C=O) groups excluding carboxylic acids is 2. The molecule has 210 valence electrons. The van der Waals surface area contributed by atoms with E-state index in [9.17, 15) is 18.4 Å². The highest BCUT2D eigenvalue weighted by atomic mass is 19.2. The molecule has 1 saturated heterocycles. The van der Waals surface area contributed by atoms with E-state index in [2.05, 4.69) is 25.6 Å². The number of carbonyl (C=O) groups is 2. The molecule has 0 atom stereocenters. The average Bonchev–Trinajstić information content (AvgIpc) is 3.51. The van der Waals surface area contributed by atoms with Gasteiger partial charge in [0.15, 0.2) is 18.4 Å². The highest BCUT2D eigenvalue weighted by Gasteiger charge is 2.44. The Morgan fingerprint density at radius 3 is 2.35 bits per heavy atom. The maximum atomic E-state index is 13.5. The first-order valence-electron chi connectivity index (χ1n) is 13.0. The number of halogens is 2. The average molecular weight is 552 g/mol. The lowest BCUT2D eigenvalue weighted by molar-refractivity contribution is -0.157. The van der Waals surface area contributed by atoms with Gasteiger partial charge in [0.25, 0.3) is 0 Å². The van der Waals surface area contributed by atoms with Crippen LogP contribution in [0.5, 0.6) is 0 Å². The Hall–Kier alpha value is -4.22. The third-order valence-electron chi connectivity index (χ3n) is 7.09. The smallest absolute Gasteiger partial charge is 0.313 e. The van der Waals surface area contributed by atoms with Crippen molar-refractivity contribution in [2.45, 2.75) is 58.7 Å². The fraction of sp³-hybridized carbons (Fsp3) is 0.429. The third-order valence-corrected chi connectivity index (χ3v) is 7.09. The van der Waals surface area contributed by atoms with Crippen molar-refractivity contribution in [2.24, 2.45) is 5.41 Å². The molecule has 0 unspecified atom stereocenters. The van der Waals surface area contributed by atoms with Crippen LogP contribution in [-0.2, 0) is 39.3 Å². The summed E-state index contributed by atoms with van der Waals surface area (Å²) in [7, 11) is 0. The first kappa shape index (κ1) is 27.4. The zero-order valence-corrected chi connectivity index (χ0v) is 22.8. The van der Waals surface area contributed by atoms with Crippen molar-refractivity contribution in [3.8, 4) is 0 Å². The van der Waals surface area contributed by atoms with E-state index >= 15 is 0 Å². The van der Waals surface area contributed by atoms with E-state index in [0.29, 0.717) is 37.4 Å². The Morgan fingerprint density at radius 1 is 1.12 bits per heavy atom. The second kappa shape index (κ2) is 10.4. The molecule has 10 nitrogen and oxygen atoms in total. The predicted octanol–water partition coefficient (Wildman–Crippen LogP) is 3.29. The number of amides is 1. The number of likely N-dealkylation sites (tertiary alicyclic amines) is 1. The van der Waals surface area contributed by atoms with Gasteiger partial charge in [0.05, 0.1) is 17.3 Å². The van der Waals surface area contributed by atoms with E-state index in [4.69, 9.17) is 4.74 Å². The molecule has 1 aromatic carbocycles. The molecular formula is C28H31F2N7O3. The van der Waals surface area contributed by atoms with Gasteiger partial charge in [-0.15, -0.1) is 5.10 Å². The van der Waals surface area contributed by atoms with Gasteiger partial charge in [0.1, 0.15) is 0 Å². The molecule has 5 rings (SSSR count). The maximum Gasteiger partial charge on any atom is 0.313 e. The van der Waals surface area contributed by atoms with Crippen molar-refractivity contribution in [3.63, 3.8) is 0 Å². The van der Waals surface area contributed by atoms with Gasteiger partial charge in [-0.3, -0.25) is 9.59 Å². The molecule has 2 aliphatic rings. The normalized spacial score (nSPS) is 16.6. The number of aromatic nitrogens is 5. The molecule has 3 aromatic rings. The molecule has 12 heteroatoms. The van der Waals surface area contributed by atoms with E-state index in [1.807, 2.05) is 6.92 Å². The van der Waals surface area contributed by atoms with Crippen molar-refractivity contribution in [2.75, 3.05) is 18.4 Å². The van der Waals surface area contributed by atoms with Crippen LogP contribution in [0, 0.1) is 17.0 Å². The molecular weight excluding hydrogens is 520 g/mol. The maximum absolute atomic E-state index is 13.5. The number of ether oxygens (including phenoxy) is 1. The van der Waals surface area contributed by atoms with Crippen LogP contribution in [0.4, 0.5) is 14.7 Å². The van der Waals surface area contributed by atoms with Crippen molar-refractivity contribution in [1.82, 2.24) is 29.9 Å². The topological polar surface area (TPSA) is 115 Å². The van der Waals surface area contributed by atoms with Crippen LogP contribution in [-0.4, -0.2) is 60.9 Å². The van der Waals surface area contributed by atoms with E-state index in [-0.39, 0.29) is 30.1 Å². The molecule has 1 amide bonds. The molecule has 0 radical (unpaired) electrons. The summed E-state index contributed by atoms with van der Waals surface area (Å²) in [5.74, 6) is -1.74. The van der Waals surface area contributed by atoms with Gasteiger partial charge in [-0.05, 0) is 62.9 Å². The van der Waals surface area contributed by atoms with Gasteiger partial charge in [-0.25, -0.2) is 23.4 Å². The molecule has 1 aliphatic carbocycles. The first-order chi connectivity index (χ1) is 18.9. The minimum atomic E-state index is -0.840. The standard InChI is InChI=1S/C28H31F2N7O3/c1-27(2,3)25(39)40-16-37-13-23(34-35-37)28(4)14-36(15-28)24(38)6-5-17-11-31-26(32-12-17)33-20-7-18-9-21(29)22(30)10-19(18)8-20/h5-6,9-13,20H,7-8,14-16H2,1-4H3,(H,31,32,33). The highest BCUT2D eigenvalue weighted by molar-refractivity contribution is 5.92. The lowest BCUT2D eigenvalue weighted by atomic mass is 9.79. The zero-order chi connectivity index (χ0) is 28.7. The Labute approximate surface area is 230 Å². The van der Waals surface area contributed by atoms with E-state index < -0.39 is 17.0 Å². The van der Waals surface area contributed by atoms with Gasteiger partial charge >= 0.3 is 5.97 Å². The van der Waals surface area contributed by atoms with Crippen LogP contribution in [0.2, 0.25) is 0 Å². The number of fused-ring (bicyclic) bond motifs is 1. The molecule has 1 fully saturated rings. The third kappa shape index (κ3) is 5.85. The first-order valence-corrected chi connectivity index (χ1v) is 13.0. The molecule has 2 aromatic heterocycles. The summed E-state index contributed by atoms with van der Waals surface area (Å²) in [6.45, 7) is 8.29. The van der Waals surface area contributed by atoms with Gasteiger partial charge < -0.3 is 15.0 Å². The number of benzene rings is 1. The predicted molar refractivity (Wildman–Crippen MR) is 142 cm³/mol. The fourth-order valence-electron chi connectivity index (χ4n) is 4.76. The Bertz CT molecular complexity index is 1430. The Balaban J connectivity index is 1.09. The van der Waals surface area contributed by atoms with E-state index in [1.165, 1.54) is 22.9 Å². The van der Waals surface area contributed by atoms with E-state index in [1.54, 1.807) is 50.3 Å². The summed E-state index contributed by atoms with van der Waals surface area (Å²) < 4.78 is 33.7. The zero-order valence-electron chi connectivity index (χ0n) is 22.8. The number of nitrogens with one attached hydrogen (secondary N) is 1. The van der Waals surface area contributed by atoms with Crippen molar-refractivity contribution in [1.29, 1.82) is 0 Å². The number of esters is 1. The van der Waals surface area contributed by atoms with Crippen LogP contribution in [0.1, 0.15) is 50.1 Å². The summed E-state index contributed by atoms with van der Waals surface area (Å²) in [6.07, 6.45) is 9.19. The minimum absolute atomic E-state index is 0.0186. The summed E-state index contributed by atoms with van der Waals surface area (Å²) in [5.41, 5.74) is 2.00. The van der Waals surface area contributed by atoms with Crippen LogP contribution in [0.15, 0.2) is 36.8 Å². The van der Waals surface area contributed by atoms with Gasteiger partial charge in [0.2, 0.25) is 11.9 Å². The molecule has 3 heterocycles. The molecule has 40 heavy (non-hydrogen) atoms. The van der Waals surface area contributed by atoms with Crippen LogP contribution >= 0.6 is 0 Å². The number of nitrogens with zero attached hydrogens (tertiary/aromatic N) is 6. The van der Waals surface area contributed by atoms with Gasteiger partial charge in [0, 0.05) is 48.6 Å². The summed E-state index contributed by atoms with van der Waals surface area (Å²) >= 11 is 0. The molecule has 0 spiro atoms. The van der Waals surface area contributed by atoms with Crippen LogP contribution in [0.25, 0.3) is 6.08 Å². The van der Waals surface area contributed by atoms with E-state index in [0.717, 1.165) is 16.8 Å². The molecule has 0 saturated carbocycles. The summed E-state index contributed by atoms with van der Waals surface area (Å²) in [4.78, 5) is 35.0. The quantitative estimate of drug-likeness (QED) is 0.352. The second-order valence-corrected chi connectivity index (χ2v) is 11.7. The summed E-state index contributed by atoms with van der Waals surface area (Å²) in [5, 5.41) is 11.5. The molecule has 1 aliphatic heterocycles. The fourth-order valence-corrected chi connectivity index (χ4v) is 4.76. The minimum Gasteiger partial charge on any atom is -0.442 e. The van der Waals surface area contributed by atoms with Gasteiger partial charge in [-0.2, -0.15) is 0 Å². The lowest BCUT2D eigenvalue weighted by Crippen LogP contribution is -2.59. The number of rotatable bonds is 7. The number of anilines is 1. The Morgan fingerprint density at radius 2 is 1.75 bits per heavy atom. The molecule has 0 bridgehead atoms. The number of hydrogen-bond donors (Lipinski definition) is 1. The van der Waals surface area contributed by atoms with Crippen molar-refractivity contribution < 1.29 is 23.1 Å². The monoisotopic (exact) mass is 551 g/mol. The summed E-state index contributed by atoms with van der Waals surface area (Å²) in [6, 6.07) is 2.44. The van der Waals surface area contributed by atoms with Crippen molar-refractivity contribution in [3.05, 3.63) is 70.8 Å². The number of hydrogen-bond acceptors (Lipinski definition) is 8. The molecule has 1 N–H and O–H groups in total. The largest absolute Gasteiger partial charge is 0.442 e. The lowest BCUT2D eigenvalue weighted by Gasteiger charge is -2.46. The van der Waals surface area contributed by atoms with Crippen molar-refractivity contribution >= 4 is 23.9 Å².